The molecule has 40 heavy (non-hydrogen) atoms. The van der Waals surface area contributed by atoms with Crippen molar-refractivity contribution in [1.82, 2.24) is 19.8 Å². The molecule has 1 aromatic carbocycles. The molecule has 6 aliphatic rings. The second-order valence-electron chi connectivity index (χ2n) is 13.8. The van der Waals surface area contributed by atoms with Crippen LogP contribution in [-0.4, -0.2) is 77.4 Å². The highest BCUT2D eigenvalue weighted by Crippen LogP contribution is 2.48. The summed E-state index contributed by atoms with van der Waals surface area (Å²) in [5.74, 6) is 2.10. The van der Waals surface area contributed by atoms with Crippen molar-refractivity contribution in [3.63, 3.8) is 0 Å². The third kappa shape index (κ3) is 3.85. The maximum Gasteiger partial charge on any atom is 0.318 e. The molecule has 0 radical (unpaired) electrons. The van der Waals surface area contributed by atoms with Gasteiger partial charge in [0.1, 0.15) is 18.6 Å². The minimum atomic E-state index is -0.765. The Kier molecular flexibility index (Phi) is 5.95. The number of nitrogens with two attached hydrogens (primary N) is 1. The molecular formula is C32H43FN6O. The van der Waals surface area contributed by atoms with E-state index in [1.165, 1.54) is 36.0 Å². The Morgan fingerprint density at radius 1 is 1.07 bits per heavy atom. The van der Waals surface area contributed by atoms with Gasteiger partial charge in [0.2, 0.25) is 0 Å². The summed E-state index contributed by atoms with van der Waals surface area (Å²) in [7, 11) is 2.29. The van der Waals surface area contributed by atoms with E-state index >= 15 is 0 Å². The van der Waals surface area contributed by atoms with Crippen molar-refractivity contribution in [2.75, 3.05) is 44.7 Å². The van der Waals surface area contributed by atoms with Crippen molar-refractivity contribution in [1.29, 1.82) is 0 Å². The first kappa shape index (κ1) is 25.4. The Balaban J connectivity index is 1.17. The monoisotopic (exact) mass is 546 g/mol. The maximum atomic E-state index is 14.5. The molecule has 214 valence electrons. The average molecular weight is 547 g/mol. The number of benzene rings is 1. The van der Waals surface area contributed by atoms with Crippen LogP contribution < -0.4 is 15.4 Å². The number of alkyl halides is 1. The van der Waals surface area contributed by atoms with E-state index in [2.05, 4.69) is 46.0 Å². The Morgan fingerprint density at radius 3 is 2.75 bits per heavy atom. The van der Waals surface area contributed by atoms with Crippen molar-refractivity contribution in [3.05, 3.63) is 46.6 Å². The zero-order valence-electron chi connectivity index (χ0n) is 23.8. The lowest BCUT2D eigenvalue weighted by molar-refractivity contribution is 0.0713. The summed E-state index contributed by atoms with van der Waals surface area (Å²) in [6.07, 6.45) is 8.65. The summed E-state index contributed by atoms with van der Waals surface area (Å²) in [4.78, 5) is 17.7. The number of piperidine rings is 1. The van der Waals surface area contributed by atoms with E-state index in [1.807, 2.05) is 0 Å². The lowest BCUT2D eigenvalue weighted by Crippen LogP contribution is -2.52. The van der Waals surface area contributed by atoms with Gasteiger partial charge < -0.3 is 15.4 Å². The number of hydrogen-bond acceptors (Lipinski definition) is 7. The number of halogens is 1. The first-order valence-corrected chi connectivity index (χ1v) is 15.7. The van der Waals surface area contributed by atoms with Crippen molar-refractivity contribution in [3.8, 4) is 6.01 Å². The maximum absolute atomic E-state index is 14.5. The summed E-state index contributed by atoms with van der Waals surface area (Å²) < 4.78 is 21.0. The van der Waals surface area contributed by atoms with Gasteiger partial charge in [-0.05, 0) is 81.5 Å². The molecule has 8 rings (SSSR count). The van der Waals surface area contributed by atoms with E-state index in [0.717, 1.165) is 69.8 Å². The molecule has 3 saturated heterocycles. The van der Waals surface area contributed by atoms with Gasteiger partial charge >= 0.3 is 6.01 Å². The quantitative estimate of drug-likeness (QED) is 0.625. The first-order valence-electron chi connectivity index (χ1n) is 15.7. The molecule has 8 heteroatoms. The van der Waals surface area contributed by atoms with Crippen molar-refractivity contribution in [2.45, 2.75) is 87.6 Å². The van der Waals surface area contributed by atoms with Gasteiger partial charge in [-0.25, -0.2) is 4.39 Å². The van der Waals surface area contributed by atoms with Crippen LogP contribution in [0.25, 0.3) is 0 Å². The van der Waals surface area contributed by atoms with Crippen LogP contribution in [-0.2, 0) is 24.9 Å². The molecular weight excluding hydrogens is 503 g/mol. The van der Waals surface area contributed by atoms with E-state index in [9.17, 15) is 4.39 Å². The number of aryl methyl sites for hydroxylation is 1. The summed E-state index contributed by atoms with van der Waals surface area (Å²) in [6, 6.07) is 9.78. The normalized spacial score (nSPS) is 37.0. The highest BCUT2D eigenvalue weighted by Gasteiger charge is 2.50. The van der Waals surface area contributed by atoms with Gasteiger partial charge in [0.05, 0.1) is 16.8 Å². The fourth-order valence-electron chi connectivity index (χ4n) is 9.49. The molecule has 2 N–H and O–H groups in total. The average Bonchev–Trinajstić information content (AvgIpc) is 3.53. The van der Waals surface area contributed by atoms with Gasteiger partial charge in [-0.1, -0.05) is 24.3 Å². The van der Waals surface area contributed by atoms with Crippen LogP contribution in [0.3, 0.4) is 0 Å². The van der Waals surface area contributed by atoms with Crippen LogP contribution in [0.2, 0.25) is 0 Å². The van der Waals surface area contributed by atoms with E-state index in [0.29, 0.717) is 43.5 Å². The Morgan fingerprint density at radius 2 is 1.90 bits per heavy atom. The van der Waals surface area contributed by atoms with Crippen LogP contribution in [0.4, 0.5) is 10.2 Å². The highest BCUT2D eigenvalue weighted by atomic mass is 19.1. The number of nitrogens with zero attached hydrogens (tertiary/aromatic N) is 5. The standard InChI is InChI=1S/C32H43FN6O/c1-37-19-25-27(15-32(37)12-4-7-21-6-2-3-8-26(21)32)35-30(40-20-31-11-5-13-39(31)18-24(33)14-31)36-29(25)38-16-22-9-10-23(17-38)28(22)34/h2-3,6,8,22-24,28H,4-5,7,9-20,34H2,1H3/t22-,23+,24-,28?,31+,32+/m1/s1. The molecule has 1 aromatic heterocycles. The number of anilines is 1. The van der Waals surface area contributed by atoms with Gasteiger partial charge in [0.15, 0.2) is 0 Å². The summed E-state index contributed by atoms with van der Waals surface area (Å²) in [5, 5.41) is 0. The Bertz CT molecular complexity index is 1290. The smallest absolute Gasteiger partial charge is 0.318 e. The zero-order valence-corrected chi connectivity index (χ0v) is 23.8. The van der Waals surface area contributed by atoms with E-state index < -0.39 is 6.17 Å². The van der Waals surface area contributed by atoms with E-state index in [-0.39, 0.29) is 11.1 Å². The zero-order chi connectivity index (χ0) is 27.1. The third-order valence-electron chi connectivity index (χ3n) is 11.6. The van der Waals surface area contributed by atoms with Gasteiger partial charge in [-0.15, -0.1) is 0 Å². The first-order chi connectivity index (χ1) is 19.4. The number of aromatic nitrogens is 2. The predicted molar refractivity (Wildman–Crippen MR) is 153 cm³/mol. The molecule has 7 nitrogen and oxygen atoms in total. The molecule has 2 aromatic rings. The van der Waals surface area contributed by atoms with E-state index in [4.69, 9.17) is 20.4 Å². The number of likely N-dealkylation sites (N-methyl/N-ethyl adjacent to an activating group) is 1. The molecule has 4 aliphatic heterocycles. The Hall–Kier alpha value is -2.29. The minimum absolute atomic E-state index is 0.0537. The van der Waals surface area contributed by atoms with Crippen molar-refractivity contribution in [2.24, 2.45) is 17.6 Å². The molecule has 6 atom stereocenters. The number of ether oxygens (including phenoxy) is 1. The molecule has 2 aliphatic carbocycles. The van der Waals surface area contributed by atoms with Gasteiger partial charge in [0, 0.05) is 50.6 Å². The van der Waals surface area contributed by atoms with Crippen LogP contribution in [0.15, 0.2) is 24.3 Å². The summed E-state index contributed by atoms with van der Waals surface area (Å²) in [5.41, 5.74) is 11.7. The highest BCUT2D eigenvalue weighted by molar-refractivity contribution is 5.54. The number of hydrogen-bond donors (Lipinski definition) is 1. The van der Waals surface area contributed by atoms with Crippen molar-refractivity contribution < 1.29 is 9.13 Å². The molecule has 5 heterocycles. The van der Waals surface area contributed by atoms with Crippen LogP contribution in [0.5, 0.6) is 6.01 Å². The lowest BCUT2D eigenvalue weighted by Gasteiger charge is -2.49. The number of rotatable bonds is 4. The lowest BCUT2D eigenvalue weighted by atomic mass is 9.71. The van der Waals surface area contributed by atoms with E-state index in [1.54, 1.807) is 0 Å². The minimum Gasteiger partial charge on any atom is -0.461 e. The van der Waals surface area contributed by atoms with Gasteiger partial charge in [-0.2, -0.15) is 9.97 Å². The number of fused-ring (bicyclic) bond motifs is 6. The predicted octanol–water partition coefficient (Wildman–Crippen LogP) is 3.83. The second-order valence-corrected chi connectivity index (χ2v) is 13.8. The topological polar surface area (TPSA) is 70.8 Å². The molecule has 0 amide bonds. The molecule has 1 unspecified atom stereocenters. The van der Waals surface area contributed by atoms with Crippen LogP contribution in [0.1, 0.15) is 67.3 Å². The van der Waals surface area contributed by atoms with Crippen LogP contribution >= 0.6 is 0 Å². The van der Waals surface area contributed by atoms with Gasteiger partial charge in [-0.3, -0.25) is 9.80 Å². The molecule has 1 spiro atoms. The van der Waals surface area contributed by atoms with Crippen LogP contribution in [0, 0.1) is 11.8 Å². The largest absolute Gasteiger partial charge is 0.461 e. The van der Waals surface area contributed by atoms with Crippen molar-refractivity contribution >= 4 is 5.82 Å². The third-order valence-corrected chi connectivity index (χ3v) is 11.6. The Labute approximate surface area is 237 Å². The van der Waals surface area contributed by atoms with Gasteiger partial charge in [0.25, 0.3) is 0 Å². The second kappa shape index (κ2) is 9.36. The fourth-order valence-corrected chi connectivity index (χ4v) is 9.49. The SMILES string of the molecule is CN1Cc2c(nc(OC[C@@]34CCCN3C[C@H](F)C4)nc2N2C[C@H]3CC[C@@H](C2)C3N)C[C@]12CCCc1ccccc12. The fraction of sp³-hybridized carbons (Fsp3) is 0.688. The summed E-state index contributed by atoms with van der Waals surface area (Å²) >= 11 is 0. The molecule has 2 bridgehead atoms. The summed E-state index contributed by atoms with van der Waals surface area (Å²) in [6.45, 7) is 4.71. The molecule has 1 saturated carbocycles. The molecule has 4 fully saturated rings.